The van der Waals surface area contributed by atoms with E-state index in [2.05, 4.69) is 0 Å². The number of nitro groups is 1. The lowest BCUT2D eigenvalue weighted by atomic mass is 10.2. The van der Waals surface area contributed by atoms with E-state index in [0.29, 0.717) is 18.7 Å². The number of hydrogen-bond donors (Lipinski definition) is 0. The van der Waals surface area contributed by atoms with Gasteiger partial charge in [-0.1, -0.05) is 26.0 Å². The largest absolute Gasteiger partial charge is 0.269 e. The molecule has 0 radical (unpaired) electrons. The maximum Gasteiger partial charge on any atom is 0.269 e. The lowest BCUT2D eigenvalue weighted by Gasteiger charge is -2.18. The molecule has 1 rings (SSSR count). The average molecular weight is 272 g/mol. The van der Waals surface area contributed by atoms with E-state index in [0.717, 1.165) is 0 Å². The standard InChI is InChI=1S/C11H16N2O4S/c1-3-12(4-2)18(16,17)9-10-6-5-7-11(8-10)13(14)15/h5-8H,3-4,9H2,1-2H3. The third-order valence-electron chi connectivity index (χ3n) is 2.57. The van der Waals surface area contributed by atoms with Gasteiger partial charge in [-0.15, -0.1) is 0 Å². The van der Waals surface area contributed by atoms with Crippen molar-refractivity contribution in [2.45, 2.75) is 19.6 Å². The molecule has 7 heteroatoms. The van der Waals surface area contributed by atoms with Gasteiger partial charge in [0.05, 0.1) is 10.7 Å². The normalized spacial score (nSPS) is 11.7. The minimum atomic E-state index is -3.41. The van der Waals surface area contributed by atoms with Gasteiger partial charge in [0.2, 0.25) is 10.0 Å². The number of non-ortho nitro benzene ring substituents is 1. The van der Waals surface area contributed by atoms with E-state index >= 15 is 0 Å². The SMILES string of the molecule is CCN(CC)S(=O)(=O)Cc1cccc([N+](=O)[O-])c1. The van der Waals surface area contributed by atoms with E-state index in [1.165, 1.54) is 22.5 Å². The first kappa shape index (κ1) is 14.6. The Morgan fingerprint density at radius 1 is 1.28 bits per heavy atom. The van der Waals surface area contributed by atoms with Gasteiger partial charge in [0.25, 0.3) is 5.69 Å². The molecule has 1 aromatic carbocycles. The molecule has 0 aliphatic heterocycles. The summed E-state index contributed by atoms with van der Waals surface area (Å²) in [6.45, 7) is 4.31. The van der Waals surface area contributed by atoms with Gasteiger partial charge in [0.15, 0.2) is 0 Å². The van der Waals surface area contributed by atoms with Crippen LogP contribution in [0.1, 0.15) is 19.4 Å². The van der Waals surface area contributed by atoms with Gasteiger partial charge in [-0.05, 0) is 5.56 Å². The monoisotopic (exact) mass is 272 g/mol. The first-order chi connectivity index (χ1) is 8.40. The molecule has 0 aliphatic carbocycles. The lowest BCUT2D eigenvalue weighted by molar-refractivity contribution is -0.384. The number of hydrogen-bond acceptors (Lipinski definition) is 4. The van der Waals surface area contributed by atoms with Crippen molar-refractivity contribution in [2.24, 2.45) is 0 Å². The first-order valence-corrected chi connectivity index (χ1v) is 7.22. The van der Waals surface area contributed by atoms with Crippen molar-refractivity contribution in [3.8, 4) is 0 Å². The Balaban J connectivity index is 2.97. The Bertz CT molecular complexity index is 524. The zero-order valence-corrected chi connectivity index (χ0v) is 11.2. The van der Waals surface area contributed by atoms with E-state index in [1.807, 2.05) is 0 Å². The van der Waals surface area contributed by atoms with Crippen LogP contribution in [-0.2, 0) is 15.8 Å². The Hall–Kier alpha value is -1.47. The summed E-state index contributed by atoms with van der Waals surface area (Å²) < 4.78 is 25.3. The van der Waals surface area contributed by atoms with Gasteiger partial charge >= 0.3 is 0 Å². The molecule has 0 N–H and O–H groups in total. The van der Waals surface area contributed by atoms with Crippen molar-refractivity contribution in [3.63, 3.8) is 0 Å². The maximum atomic E-state index is 12.0. The van der Waals surface area contributed by atoms with E-state index in [4.69, 9.17) is 0 Å². The Morgan fingerprint density at radius 3 is 2.39 bits per heavy atom. The molecule has 0 atom stereocenters. The number of benzene rings is 1. The van der Waals surface area contributed by atoms with Gasteiger partial charge in [-0.25, -0.2) is 12.7 Å². The van der Waals surface area contributed by atoms with Crippen molar-refractivity contribution < 1.29 is 13.3 Å². The van der Waals surface area contributed by atoms with Crippen LogP contribution >= 0.6 is 0 Å². The maximum absolute atomic E-state index is 12.0. The smallest absolute Gasteiger partial charge is 0.258 e. The van der Waals surface area contributed by atoms with E-state index in [9.17, 15) is 18.5 Å². The predicted molar refractivity (Wildman–Crippen MR) is 68.6 cm³/mol. The van der Waals surface area contributed by atoms with Crippen molar-refractivity contribution >= 4 is 15.7 Å². The molecule has 0 fully saturated rings. The molecule has 0 aromatic heterocycles. The van der Waals surface area contributed by atoms with E-state index in [1.54, 1.807) is 19.9 Å². The highest BCUT2D eigenvalue weighted by atomic mass is 32.2. The van der Waals surface area contributed by atoms with Crippen LogP contribution in [0, 0.1) is 10.1 Å². The first-order valence-electron chi connectivity index (χ1n) is 5.61. The fraction of sp³-hybridized carbons (Fsp3) is 0.455. The van der Waals surface area contributed by atoms with Crippen LogP contribution < -0.4 is 0 Å². The molecule has 0 amide bonds. The third-order valence-corrected chi connectivity index (χ3v) is 4.57. The zero-order chi connectivity index (χ0) is 13.8. The van der Waals surface area contributed by atoms with Crippen LogP contribution in [0.2, 0.25) is 0 Å². The fourth-order valence-corrected chi connectivity index (χ4v) is 3.25. The van der Waals surface area contributed by atoms with Crippen LogP contribution in [0.3, 0.4) is 0 Å². The molecule has 0 spiro atoms. The second kappa shape index (κ2) is 5.92. The van der Waals surface area contributed by atoms with Gasteiger partial charge in [-0.3, -0.25) is 10.1 Å². The molecule has 0 unspecified atom stereocenters. The second-order valence-corrected chi connectivity index (χ2v) is 5.74. The van der Waals surface area contributed by atoms with Gasteiger partial charge in [0.1, 0.15) is 0 Å². The molecule has 18 heavy (non-hydrogen) atoms. The number of nitrogens with zero attached hydrogens (tertiary/aromatic N) is 2. The summed E-state index contributed by atoms with van der Waals surface area (Å²) >= 11 is 0. The van der Waals surface area contributed by atoms with Crippen molar-refractivity contribution in [1.82, 2.24) is 4.31 Å². The molecule has 6 nitrogen and oxygen atoms in total. The number of sulfonamides is 1. The fourth-order valence-electron chi connectivity index (χ4n) is 1.68. The summed E-state index contributed by atoms with van der Waals surface area (Å²) in [5, 5.41) is 10.6. The average Bonchev–Trinajstić information content (AvgIpc) is 2.29. The summed E-state index contributed by atoms with van der Waals surface area (Å²) in [5.41, 5.74) is 0.332. The topological polar surface area (TPSA) is 80.5 Å². The summed E-state index contributed by atoms with van der Waals surface area (Å²) in [7, 11) is -3.41. The quantitative estimate of drug-likeness (QED) is 0.584. The molecule has 0 saturated heterocycles. The summed E-state index contributed by atoms with van der Waals surface area (Å²) in [6, 6.07) is 5.70. The van der Waals surface area contributed by atoms with Crippen LogP contribution in [0.25, 0.3) is 0 Å². The molecular weight excluding hydrogens is 256 g/mol. The molecular formula is C11H16N2O4S. The lowest BCUT2D eigenvalue weighted by Crippen LogP contribution is -2.31. The van der Waals surface area contributed by atoms with Crippen LogP contribution in [0.15, 0.2) is 24.3 Å². The van der Waals surface area contributed by atoms with E-state index < -0.39 is 14.9 Å². The summed E-state index contributed by atoms with van der Waals surface area (Å²) in [4.78, 5) is 10.1. The van der Waals surface area contributed by atoms with Crippen molar-refractivity contribution in [3.05, 3.63) is 39.9 Å². The molecule has 0 heterocycles. The number of nitro benzene ring substituents is 1. The highest BCUT2D eigenvalue weighted by Crippen LogP contribution is 2.16. The molecule has 0 aliphatic rings. The van der Waals surface area contributed by atoms with Crippen LogP contribution in [0.5, 0.6) is 0 Å². The third kappa shape index (κ3) is 3.51. The zero-order valence-electron chi connectivity index (χ0n) is 10.4. The minimum Gasteiger partial charge on any atom is -0.258 e. The number of rotatable bonds is 6. The predicted octanol–water partition coefficient (Wildman–Crippen LogP) is 1.77. The van der Waals surface area contributed by atoms with Gasteiger partial charge in [0, 0.05) is 25.2 Å². The van der Waals surface area contributed by atoms with E-state index in [-0.39, 0.29) is 11.4 Å². The van der Waals surface area contributed by atoms with Crippen molar-refractivity contribution in [2.75, 3.05) is 13.1 Å². The Labute approximate surface area is 106 Å². The Kier molecular flexibility index (Phi) is 4.80. The summed E-state index contributed by atoms with van der Waals surface area (Å²) in [5.74, 6) is -0.212. The highest BCUT2D eigenvalue weighted by molar-refractivity contribution is 7.88. The Morgan fingerprint density at radius 2 is 1.89 bits per heavy atom. The molecule has 0 saturated carbocycles. The summed E-state index contributed by atoms with van der Waals surface area (Å²) in [6.07, 6.45) is 0. The van der Waals surface area contributed by atoms with Gasteiger partial charge in [-0.2, -0.15) is 0 Å². The van der Waals surface area contributed by atoms with Crippen LogP contribution in [-0.4, -0.2) is 30.7 Å². The molecule has 0 bridgehead atoms. The molecule has 100 valence electrons. The van der Waals surface area contributed by atoms with Crippen molar-refractivity contribution in [1.29, 1.82) is 0 Å². The minimum absolute atomic E-state index is 0.0951. The second-order valence-electron chi connectivity index (χ2n) is 3.77. The van der Waals surface area contributed by atoms with Crippen LogP contribution in [0.4, 0.5) is 5.69 Å². The van der Waals surface area contributed by atoms with Gasteiger partial charge < -0.3 is 0 Å². The highest BCUT2D eigenvalue weighted by Gasteiger charge is 2.20. The molecule has 1 aromatic rings.